The first-order valence-electron chi connectivity index (χ1n) is 20.9. The lowest BCUT2D eigenvalue weighted by molar-refractivity contribution is -0.169. The van der Waals surface area contributed by atoms with Crippen LogP contribution in [0.4, 0.5) is 0 Å². The number of likely N-dealkylation sites (N-methyl/N-ethyl adjacent to an activating group) is 3. The molecule has 0 radical (unpaired) electrons. The Morgan fingerprint density at radius 1 is 0.683 bits per heavy atom. The van der Waals surface area contributed by atoms with Crippen LogP contribution in [0.15, 0.2) is 30.3 Å². The third kappa shape index (κ3) is 17.3. The first-order chi connectivity index (χ1) is 27.9. The van der Waals surface area contributed by atoms with Crippen LogP contribution in [0.25, 0.3) is 0 Å². The SMILES string of the molecule is CC(C)C[C@H](NC(=O)[C@H](Cc1ccccc1)N(C)C(=O)[C@H](CC(C)C)NC(=O)[C@H](CC(C)C)N(C)C(=O)[C@@H](N)CC(C)C)C(=O)N(C)[C@@H](C)C(=O)O[C@H](CCC#N)C(=O)O. The zero-order valence-corrected chi connectivity index (χ0v) is 37.8. The summed E-state index contributed by atoms with van der Waals surface area (Å²) in [5.74, 6) is -5.18. The van der Waals surface area contributed by atoms with Crippen molar-refractivity contribution in [2.24, 2.45) is 29.4 Å². The standard InChI is InChI=1S/C44H71N7O9/c1-26(2)21-32(46)40(54)50(11)35(24-29(7)8)38(52)48-34(23-28(5)6)42(56)51(12)36(25-31-17-14-13-15-18-31)39(53)47-33(22-27(3)4)41(55)49(10)30(9)44(59)60-37(43(57)58)19-16-20-45/h13-15,17-18,26-30,32-37H,16,19,21-25,46H2,1-12H3,(H,47,53)(H,48,52)(H,57,58)/t30-,32-,33-,34-,35-,36-,37+/m0/s1. The van der Waals surface area contributed by atoms with E-state index in [4.69, 9.17) is 15.7 Å². The minimum atomic E-state index is -1.58. The van der Waals surface area contributed by atoms with Crippen molar-refractivity contribution in [3.05, 3.63) is 35.9 Å². The Morgan fingerprint density at radius 2 is 1.13 bits per heavy atom. The number of nitrogens with two attached hydrogens (primary N) is 1. The number of aliphatic carboxylic acids is 1. The Bertz CT molecular complexity index is 1630. The van der Waals surface area contributed by atoms with E-state index in [2.05, 4.69) is 10.6 Å². The minimum absolute atomic E-state index is 0.0171. The van der Waals surface area contributed by atoms with E-state index in [0.717, 1.165) is 10.5 Å². The number of esters is 1. The number of carboxylic acids is 1. The fraction of sp³-hybridized carbons (Fsp3) is 0.682. The second kappa shape index (κ2) is 25.6. The van der Waals surface area contributed by atoms with Gasteiger partial charge in [-0.3, -0.25) is 24.0 Å². The summed E-state index contributed by atoms with van der Waals surface area (Å²) in [6, 6.07) is 4.45. The average molecular weight is 842 g/mol. The van der Waals surface area contributed by atoms with Gasteiger partial charge in [0.2, 0.25) is 29.5 Å². The summed E-state index contributed by atoms with van der Waals surface area (Å²) in [6.07, 6.45) is -0.785. The van der Waals surface area contributed by atoms with Gasteiger partial charge in [0.1, 0.15) is 30.2 Å². The van der Waals surface area contributed by atoms with E-state index >= 15 is 0 Å². The monoisotopic (exact) mass is 842 g/mol. The molecular weight excluding hydrogens is 771 g/mol. The Kier molecular flexibility index (Phi) is 22.6. The van der Waals surface area contributed by atoms with E-state index in [9.17, 15) is 38.7 Å². The van der Waals surface area contributed by atoms with Crippen LogP contribution in [0.5, 0.6) is 0 Å². The van der Waals surface area contributed by atoms with Gasteiger partial charge < -0.3 is 40.9 Å². The van der Waals surface area contributed by atoms with Gasteiger partial charge in [-0.15, -0.1) is 0 Å². The number of hydrogen-bond donors (Lipinski definition) is 4. The van der Waals surface area contributed by atoms with E-state index in [-0.39, 0.29) is 61.7 Å². The number of amides is 5. The topological polar surface area (TPSA) is 233 Å². The van der Waals surface area contributed by atoms with Crippen molar-refractivity contribution < 1.29 is 43.4 Å². The summed E-state index contributed by atoms with van der Waals surface area (Å²) in [4.78, 5) is 98.8. The Hall–Kier alpha value is -5.04. The molecule has 0 unspecified atom stereocenters. The summed E-state index contributed by atoms with van der Waals surface area (Å²) in [5, 5.41) is 24.1. The number of carbonyl (C=O) groups excluding carboxylic acids is 6. The third-order valence-electron chi connectivity index (χ3n) is 10.2. The molecule has 0 aliphatic heterocycles. The molecule has 0 spiro atoms. The molecule has 0 aliphatic carbocycles. The molecule has 336 valence electrons. The Morgan fingerprint density at radius 3 is 1.58 bits per heavy atom. The van der Waals surface area contributed by atoms with E-state index in [0.29, 0.717) is 12.8 Å². The van der Waals surface area contributed by atoms with Crippen molar-refractivity contribution in [2.75, 3.05) is 21.1 Å². The third-order valence-corrected chi connectivity index (χ3v) is 10.2. The quantitative estimate of drug-likeness (QED) is 0.104. The van der Waals surface area contributed by atoms with Crippen LogP contribution in [0.2, 0.25) is 0 Å². The molecule has 0 saturated carbocycles. The van der Waals surface area contributed by atoms with Gasteiger partial charge in [-0.2, -0.15) is 5.26 Å². The van der Waals surface area contributed by atoms with Crippen LogP contribution >= 0.6 is 0 Å². The first kappa shape index (κ1) is 53.0. The number of nitriles is 1. The average Bonchev–Trinajstić information content (AvgIpc) is 3.17. The largest absolute Gasteiger partial charge is 0.479 e. The van der Waals surface area contributed by atoms with Gasteiger partial charge >= 0.3 is 11.9 Å². The molecule has 1 aromatic carbocycles. The molecule has 1 rings (SSSR count). The van der Waals surface area contributed by atoms with Crippen LogP contribution in [0.3, 0.4) is 0 Å². The van der Waals surface area contributed by atoms with Crippen molar-refractivity contribution in [3.63, 3.8) is 0 Å². The van der Waals surface area contributed by atoms with Crippen molar-refractivity contribution in [1.82, 2.24) is 25.3 Å². The van der Waals surface area contributed by atoms with Crippen LogP contribution in [-0.4, -0.2) is 125 Å². The molecule has 16 nitrogen and oxygen atoms in total. The van der Waals surface area contributed by atoms with Gasteiger partial charge in [0, 0.05) is 40.4 Å². The number of hydrogen-bond acceptors (Lipinski definition) is 10. The fourth-order valence-corrected chi connectivity index (χ4v) is 6.74. The number of carboxylic acid groups (broad SMARTS) is 1. The summed E-state index contributed by atoms with van der Waals surface area (Å²) in [6.45, 7) is 16.6. The van der Waals surface area contributed by atoms with Gasteiger partial charge in [0.15, 0.2) is 6.10 Å². The fourth-order valence-electron chi connectivity index (χ4n) is 6.74. The Balaban J connectivity index is 3.55. The highest BCUT2D eigenvalue weighted by Gasteiger charge is 2.39. The zero-order chi connectivity index (χ0) is 46.0. The van der Waals surface area contributed by atoms with Gasteiger partial charge in [-0.1, -0.05) is 85.7 Å². The van der Waals surface area contributed by atoms with Crippen LogP contribution in [0, 0.1) is 35.0 Å². The maximum atomic E-state index is 14.5. The van der Waals surface area contributed by atoms with Gasteiger partial charge in [-0.25, -0.2) is 9.59 Å². The highest BCUT2D eigenvalue weighted by molar-refractivity contribution is 5.96. The second-order valence-corrected chi connectivity index (χ2v) is 17.5. The molecule has 60 heavy (non-hydrogen) atoms. The highest BCUT2D eigenvalue weighted by Crippen LogP contribution is 2.19. The van der Waals surface area contributed by atoms with Crippen LogP contribution < -0.4 is 16.4 Å². The molecule has 0 bridgehead atoms. The first-order valence-corrected chi connectivity index (χ1v) is 20.9. The zero-order valence-electron chi connectivity index (χ0n) is 37.8. The van der Waals surface area contributed by atoms with Gasteiger partial charge in [0.05, 0.1) is 12.1 Å². The lowest BCUT2D eigenvalue weighted by Crippen LogP contribution is -2.60. The molecule has 0 aromatic heterocycles. The van der Waals surface area contributed by atoms with Crippen molar-refractivity contribution in [3.8, 4) is 6.07 Å². The summed E-state index contributed by atoms with van der Waals surface area (Å²) >= 11 is 0. The van der Waals surface area contributed by atoms with Crippen LogP contribution in [-0.2, 0) is 44.7 Å². The van der Waals surface area contributed by atoms with Crippen molar-refractivity contribution in [1.29, 1.82) is 5.26 Å². The lowest BCUT2D eigenvalue weighted by atomic mass is 9.97. The second-order valence-electron chi connectivity index (χ2n) is 17.5. The molecule has 0 aliphatic rings. The van der Waals surface area contributed by atoms with Gasteiger partial charge in [-0.05, 0) is 61.8 Å². The maximum Gasteiger partial charge on any atom is 0.345 e. The summed E-state index contributed by atoms with van der Waals surface area (Å²) in [5.41, 5.74) is 6.96. The summed E-state index contributed by atoms with van der Waals surface area (Å²) < 4.78 is 5.14. The van der Waals surface area contributed by atoms with Gasteiger partial charge in [0.25, 0.3) is 0 Å². The predicted octanol–water partition coefficient (Wildman–Crippen LogP) is 3.51. The summed E-state index contributed by atoms with van der Waals surface area (Å²) in [7, 11) is 4.35. The molecule has 7 atom stereocenters. The molecule has 5 amide bonds. The number of benzene rings is 1. The molecule has 16 heteroatoms. The molecule has 0 saturated heterocycles. The van der Waals surface area contributed by atoms with E-state index in [1.54, 1.807) is 31.3 Å². The maximum absolute atomic E-state index is 14.5. The molecule has 0 heterocycles. The predicted molar refractivity (Wildman–Crippen MR) is 228 cm³/mol. The Labute approximate surface area is 356 Å². The number of nitrogens with zero attached hydrogens (tertiary/aromatic N) is 4. The molecule has 0 fully saturated rings. The van der Waals surface area contributed by atoms with E-state index in [1.165, 1.54) is 30.8 Å². The van der Waals surface area contributed by atoms with E-state index in [1.807, 2.05) is 67.5 Å². The normalized spacial score (nSPS) is 14.9. The van der Waals surface area contributed by atoms with Crippen molar-refractivity contribution in [2.45, 2.75) is 150 Å². The highest BCUT2D eigenvalue weighted by atomic mass is 16.6. The molecule has 1 aromatic rings. The molecular formula is C44H71N7O9. The number of rotatable bonds is 25. The lowest BCUT2D eigenvalue weighted by Gasteiger charge is -2.35. The van der Waals surface area contributed by atoms with E-state index < -0.39 is 77.9 Å². The van der Waals surface area contributed by atoms with Crippen LogP contribution in [0.1, 0.15) is 106 Å². The van der Waals surface area contributed by atoms with Crippen molar-refractivity contribution >= 4 is 41.5 Å². The number of carbonyl (C=O) groups is 7. The smallest absolute Gasteiger partial charge is 0.345 e. The number of nitrogens with one attached hydrogen (secondary N) is 2. The minimum Gasteiger partial charge on any atom is -0.479 e. The molecule has 5 N–H and O–H groups in total. The number of ether oxygens (including phenoxy) is 1.